The second kappa shape index (κ2) is 4.38. The van der Waals surface area contributed by atoms with Crippen LogP contribution in [0.5, 0.6) is 0 Å². The smallest absolute Gasteiger partial charge is 0.128 e. The van der Waals surface area contributed by atoms with Gasteiger partial charge in [-0.05, 0) is 32.3 Å². The van der Waals surface area contributed by atoms with Crippen molar-refractivity contribution in [1.29, 1.82) is 0 Å². The molecule has 0 fully saturated rings. The summed E-state index contributed by atoms with van der Waals surface area (Å²) in [5.41, 5.74) is 0.911. The summed E-state index contributed by atoms with van der Waals surface area (Å²) in [5.74, 6) is 0.956. The van der Waals surface area contributed by atoms with E-state index in [2.05, 4.69) is 44.4 Å². The number of allylic oxidation sites excluding steroid dienone is 1. The Morgan fingerprint density at radius 3 is 2.44 bits per heavy atom. The summed E-state index contributed by atoms with van der Waals surface area (Å²) in [7, 11) is 0. The van der Waals surface area contributed by atoms with Gasteiger partial charge in [-0.3, -0.25) is 0 Å². The second-order valence-corrected chi connectivity index (χ2v) is 5.21. The molecule has 84 valence electrons. The highest BCUT2D eigenvalue weighted by atomic mass is 32.2. The highest BCUT2D eigenvalue weighted by molar-refractivity contribution is 8.02. The van der Waals surface area contributed by atoms with E-state index in [1.807, 2.05) is 18.2 Å². The van der Waals surface area contributed by atoms with Gasteiger partial charge in [0.25, 0.3) is 0 Å². The van der Waals surface area contributed by atoms with E-state index >= 15 is 0 Å². The fourth-order valence-corrected chi connectivity index (χ4v) is 2.34. The quantitative estimate of drug-likeness (QED) is 0.759. The standard InChI is InChI=1S/C14H16OS/c1-14(2)10-12(16-3)9-13(15-14)11-7-5-4-6-8-11/h4-10H,1-3H3. The number of ether oxygens (including phenoxy) is 1. The monoisotopic (exact) mass is 232 g/mol. The van der Waals surface area contributed by atoms with Crippen LogP contribution in [0.15, 0.2) is 47.4 Å². The summed E-state index contributed by atoms with van der Waals surface area (Å²) in [4.78, 5) is 1.26. The first-order valence-corrected chi connectivity index (χ1v) is 6.56. The van der Waals surface area contributed by atoms with E-state index in [1.54, 1.807) is 11.8 Å². The molecule has 1 nitrogen and oxygen atoms in total. The highest BCUT2D eigenvalue weighted by Crippen LogP contribution is 2.33. The topological polar surface area (TPSA) is 9.23 Å². The SMILES string of the molecule is CSC1=CC(C)(C)OC(c2ccccc2)=C1. The molecule has 2 rings (SSSR count). The van der Waals surface area contributed by atoms with Gasteiger partial charge in [0.05, 0.1) is 0 Å². The van der Waals surface area contributed by atoms with Crippen LogP contribution in [0.3, 0.4) is 0 Å². The second-order valence-electron chi connectivity index (χ2n) is 4.33. The van der Waals surface area contributed by atoms with Crippen LogP contribution in [0.4, 0.5) is 0 Å². The largest absolute Gasteiger partial charge is 0.483 e. The molecule has 1 aliphatic rings. The van der Waals surface area contributed by atoms with E-state index in [-0.39, 0.29) is 5.60 Å². The van der Waals surface area contributed by atoms with Crippen molar-refractivity contribution in [2.24, 2.45) is 0 Å². The van der Waals surface area contributed by atoms with Gasteiger partial charge in [0.2, 0.25) is 0 Å². The first-order chi connectivity index (χ1) is 7.61. The molecule has 1 aromatic carbocycles. The molecule has 0 saturated carbocycles. The summed E-state index contributed by atoms with van der Waals surface area (Å²) in [5, 5.41) is 0. The van der Waals surface area contributed by atoms with Crippen molar-refractivity contribution in [2.45, 2.75) is 19.4 Å². The molecule has 16 heavy (non-hydrogen) atoms. The lowest BCUT2D eigenvalue weighted by molar-refractivity contribution is 0.123. The normalized spacial score (nSPS) is 18.4. The molecule has 1 heterocycles. The lowest BCUT2D eigenvalue weighted by Crippen LogP contribution is -2.23. The molecule has 0 amide bonds. The van der Waals surface area contributed by atoms with Crippen LogP contribution in [0.2, 0.25) is 0 Å². The number of hydrogen-bond donors (Lipinski definition) is 0. The molecular formula is C14H16OS. The minimum absolute atomic E-state index is 0.224. The van der Waals surface area contributed by atoms with Crippen LogP contribution >= 0.6 is 11.8 Å². The molecule has 0 atom stereocenters. The van der Waals surface area contributed by atoms with Gasteiger partial charge in [0, 0.05) is 10.5 Å². The van der Waals surface area contributed by atoms with Crippen LogP contribution < -0.4 is 0 Å². The van der Waals surface area contributed by atoms with Gasteiger partial charge in [0.1, 0.15) is 11.4 Å². The molecule has 1 aliphatic heterocycles. The first-order valence-electron chi connectivity index (χ1n) is 5.34. The molecule has 0 aromatic heterocycles. The van der Waals surface area contributed by atoms with Gasteiger partial charge in [-0.1, -0.05) is 30.3 Å². The zero-order valence-corrected chi connectivity index (χ0v) is 10.7. The van der Waals surface area contributed by atoms with E-state index in [0.717, 1.165) is 11.3 Å². The number of benzene rings is 1. The minimum atomic E-state index is -0.224. The van der Waals surface area contributed by atoms with Crippen molar-refractivity contribution < 1.29 is 4.74 Å². The summed E-state index contributed by atoms with van der Waals surface area (Å²) >= 11 is 1.75. The maximum atomic E-state index is 5.96. The Labute approximate surface area is 101 Å². The zero-order valence-electron chi connectivity index (χ0n) is 9.86. The third kappa shape index (κ3) is 2.50. The van der Waals surface area contributed by atoms with Crippen LogP contribution in [-0.2, 0) is 4.74 Å². The fraction of sp³-hybridized carbons (Fsp3) is 0.286. The fourth-order valence-electron chi connectivity index (χ4n) is 1.72. The van der Waals surface area contributed by atoms with E-state index in [4.69, 9.17) is 4.74 Å². The highest BCUT2D eigenvalue weighted by Gasteiger charge is 2.23. The van der Waals surface area contributed by atoms with Crippen molar-refractivity contribution in [2.75, 3.05) is 6.26 Å². The number of hydrogen-bond acceptors (Lipinski definition) is 2. The molecule has 0 bridgehead atoms. The average Bonchev–Trinajstić information content (AvgIpc) is 2.28. The summed E-state index contributed by atoms with van der Waals surface area (Å²) < 4.78 is 5.96. The van der Waals surface area contributed by atoms with Gasteiger partial charge in [0.15, 0.2) is 0 Å². The number of thioether (sulfide) groups is 1. The summed E-state index contributed by atoms with van der Waals surface area (Å²) in [6.07, 6.45) is 6.35. The molecule has 0 N–H and O–H groups in total. The van der Waals surface area contributed by atoms with Crippen LogP contribution in [-0.4, -0.2) is 11.9 Å². The third-order valence-electron chi connectivity index (χ3n) is 2.43. The van der Waals surface area contributed by atoms with Crippen LogP contribution in [0.1, 0.15) is 19.4 Å². The molecular weight excluding hydrogens is 216 g/mol. The molecule has 0 radical (unpaired) electrons. The Bertz CT molecular complexity index is 429. The van der Waals surface area contributed by atoms with Gasteiger partial charge in [-0.25, -0.2) is 0 Å². The maximum Gasteiger partial charge on any atom is 0.128 e. The van der Waals surface area contributed by atoms with Gasteiger partial charge < -0.3 is 4.74 Å². The Hall–Kier alpha value is -1.15. The van der Waals surface area contributed by atoms with Crippen molar-refractivity contribution in [3.63, 3.8) is 0 Å². The lowest BCUT2D eigenvalue weighted by atomic mass is 10.0. The first kappa shape index (κ1) is 11.3. The summed E-state index contributed by atoms with van der Waals surface area (Å²) in [6.45, 7) is 4.16. The predicted molar refractivity (Wildman–Crippen MR) is 71.2 cm³/mol. The molecule has 0 saturated heterocycles. The van der Waals surface area contributed by atoms with Crippen molar-refractivity contribution in [3.05, 3.63) is 53.0 Å². The van der Waals surface area contributed by atoms with E-state index in [0.29, 0.717) is 0 Å². The van der Waals surface area contributed by atoms with Gasteiger partial charge >= 0.3 is 0 Å². The Kier molecular flexibility index (Phi) is 3.10. The average molecular weight is 232 g/mol. The van der Waals surface area contributed by atoms with E-state index in [1.165, 1.54) is 4.91 Å². The van der Waals surface area contributed by atoms with Crippen LogP contribution in [0.25, 0.3) is 5.76 Å². The Morgan fingerprint density at radius 2 is 1.81 bits per heavy atom. The minimum Gasteiger partial charge on any atom is -0.483 e. The van der Waals surface area contributed by atoms with Gasteiger partial charge in [-0.15, -0.1) is 11.8 Å². The van der Waals surface area contributed by atoms with Gasteiger partial charge in [-0.2, -0.15) is 0 Å². The molecule has 0 aliphatic carbocycles. The lowest BCUT2D eigenvalue weighted by Gasteiger charge is -2.29. The van der Waals surface area contributed by atoms with Crippen LogP contribution in [0, 0.1) is 0 Å². The third-order valence-corrected chi connectivity index (χ3v) is 3.14. The maximum absolute atomic E-state index is 5.96. The molecule has 1 aromatic rings. The number of rotatable bonds is 2. The van der Waals surface area contributed by atoms with E-state index < -0.39 is 0 Å². The molecule has 0 unspecified atom stereocenters. The summed E-state index contributed by atoms with van der Waals surface area (Å²) in [6, 6.07) is 10.2. The van der Waals surface area contributed by atoms with E-state index in [9.17, 15) is 0 Å². The zero-order chi connectivity index (χ0) is 11.6. The Morgan fingerprint density at radius 1 is 1.12 bits per heavy atom. The Balaban J connectivity index is 2.37. The van der Waals surface area contributed by atoms with Crippen molar-refractivity contribution in [1.82, 2.24) is 0 Å². The van der Waals surface area contributed by atoms with Crippen molar-refractivity contribution >= 4 is 17.5 Å². The van der Waals surface area contributed by atoms with Crippen molar-refractivity contribution in [3.8, 4) is 0 Å². The predicted octanol–water partition coefficient (Wildman–Crippen LogP) is 4.08. The molecule has 0 spiro atoms. The molecule has 2 heteroatoms.